The second kappa shape index (κ2) is 8.11. The summed E-state index contributed by atoms with van der Waals surface area (Å²) in [7, 11) is 0. The molecule has 150 valence electrons. The third-order valence-corrected chi connectivity index (χ3v) is 7.39. The van der Waals surface area contributed by atoms with Crippen LogP contribution in [0.1, 0.15) is 53.4 Å². The molecular formula is C23H26N4OS. The molecule has 2 heterocycles. The topological polar surface area (TPSA) is 49.3 Å². The number of aromatic nitrogens is 2. The largest absolute Gasteiger partial charge is 0.343 e. The van der Waals surface area contributed by atoms with Crippen molar-refractivity contribution in [3.63, 3.8) is 0 Å². The summed E-state index contributed by atoms with van der Waals surface area (Å²) < 4.78 is 0. The standard InChI is InChI=1S/C23H26N4OS/c28-22(20-12-6-10-17-7-4-5-11-19(17)20)26-13-15-27(16-14-26)23-25-24-21(29-23)18-8-2-1-3-9-18/h4-7,10-12,18H,1-3,8-9,13-16H2. The SMILES string of the molecule is O=C(c1cccc2ccccc12)N1CCN(c2nnc(C3CCCCC3)s2)CC1. The van der Waals surface area contributed by atoms with E-state index < -0.39 is 0 Å². The quantitative estimate of drug-likeness (QED) is 0.632. The van der Waals surface area contributed by atoms with Crippen molar-refractivity contribution in [2.75, 3.05) is 31.1 Å². The van der Waals surface area contributed by atoms with Gasteiger partial charge in [-0.15, -0.1) is 10.2 Å². The van der Waals surface area contributed by atoms with E-state index in [0.717, 1.165) is 47.6 Å². The minimum absolute atomic E-state index is 0.126. The lowest BCUT2D eigenvalue weighted by Crippen LogP contribution is -2.48. The molecule has 29 heavy (non-hydrogen) atoms. The molecule has 2 aromatic carbocycles. The van der Waals surface area contributed by atoms with Gasteiger partial charge in [0.1, 0.15) is 5.01 Å². The number of carbonyl (C=O) groups excluding carboxylic acids is 1. The van der Waals surface area contributed by atoms with Crippen molar-refractivity contribution in [3.8, 4) is 0 Å². The molecule has 0 N–H and O–H groups in total. The number of rotatable bonds is 3. The summed E-state index contributed by atoms with van der Waals surface area (Å²) >= 11 is 1.75. The number of carbonyl (C=O) groups is 1. The van der Waals surface area contributed by atoms with Crippen LogP contribution >= 0.6 is 11.3 Å². The Balaban J connectivity index is 1.26. The molecule has 0 atom stereocenters. The Labute approximate surface area is 175 Å². The number of anilines is 1. The molecule has 1 aliphatic heterocycles. The van der Waals surface area contributed by atoms with Crippen LogP contribution in [0.4, 0.5) is 5.13 Å². The molecule has 0 bridgehead atoms. The van der Waals surface area contributed by atoms with E-state index in [2.05, 4.69) is 27.2 Å². The first-order valence-corrected chi connectivity index (χ1v) is 11.5. The van der Waals surface area contributed by atoms with Gasteiger partial charge in [0.05, 0.1) is 0 Å². The Morgan fingerprint density at radius 3 is 2.48 bits per heavy atom. The molecule has 2 aliphatic rings. The predicted molar refractivity (Wildman–Crippen MR) is 118 cm³/mol. The molecule has 1 aromatic heterocycles. The molecule has 0 radical (unpaired) electrons. The summed E-state index contributed by atoms with van der Waals surface area (Å²) in [4.78, 5) is 17.4. The van der Waals surface area contributed by atoms with Gasteiger partial charge in [-0.25, -0.2) is 0 Å². The molecule has 3 aromatic rings. The number of hydrogen-bond donors (Lipinski definition) is 0. The Bertz CT molecular complexity index is 998. The summed E-state index contributed by atoms with van der Waals surface area (Å²) in [6.45, 7) is 3.08. The van der Waals surface area contributed by atoms with E-state index in [-0.39, 0.29) is 5.91 Å². The van der Waals surface area contributed by atoms with E-state index in [1.54, 1.807) is 11.3 Å². The van der Waals surface area contributed by atoms with E-state index in [0.29, 0.717) is 5.92 Å². The maximum atomic E-state index is 13.1. The van der Waals surface area contributed by atoms with Gasteiger partial charge in [-0.2, -0.15) is 0 Å². The van der Waals surface area contributed by atoms with Crippen LogP contribution in [-0.4, -0.2) is 47.2 Å². The van der Waals surface area contributed by atoms with E-state index >= 15 is 0 Å². The predicted octanol–water partition coefficient (Wildman–Crippen LogP) is 4.70. The van der Waals surface area contributed by atoms with Gasteiger partial charge in [0.25, 0.3) is 5.91 Å². The third kappa shape index (κ3) is 3.73. The highest BCUT2D eigenvalue weighted by Gasteiger charge is 2.26. The van der Waals surface area contributed by atoms with Crippen molar-refractivity contribution in [2.45, 2.75) is 38.0 Å². The fourth-order valence-electron chi connectivity index (χ4n) is 4.55. The molecule has 1 saturated heterocycles. The first kappa shape index (κ1) is 18.6. The lowest BCUT2D eigenvalue weighted by atomic mass is 9.90. The normalized spacial score (nSPS) is 18.3. The molecule has 1 aliphatic carbocycles. The van der Waals surface area contributed by atoms with Crippen LogP contribution in [0.2, 0.25) is 0 Å². The molecule has 1 amide bonds. The first-order chi connectivity index (χ1) is 14.3. The maximum absolute atomic E-state index is 13.1. The van der Waals surface area contributed by atoms with E-state index in [4.69, 9.17) is 0 Å². The van der Waals surface area contributed by atoms with Crippen LogP contribution in [-0.2, 0) is 0 Å². The molecule has 0 unspecified atom stereocenters. The Morgan fingerprint density at radius 1 is 0.897 bits per heavy atom. The van der Waals surface area contributed by atoms with E-state index in [1.807, 2.05) is 35.2 Å². The molecule has 2 fully saturated rings. The summed E-state index contributed by atoms with van der Waals surface area (Å²) in [5.74, 6) is 0.728. The summed E-state index contributed by atoms with van der Waals surface area (Å²) in [5, 5.41) is 13.3. The van der Waals surface area contributed by atoms with Crippen LogP contribution in [0.5, 0.6) is 0 Å². The van der Waals surface area contributed by atoms with E-state index in [9.17, 15) is 4.79 Å². The summed E-state index contributed by atoms with van der Waals surface area (Å²) in [5.41, 5.74) is 0.798. The van der Waals surface area contributed by atoms with Gasteiger partial charge in [-0.1, -0.05) is 67.0 Å². The molecule has 6 heteroatoms. The van der Waals surface area contributed by atoms with Gasteiger partial charge in [-0.05, 0) is 29.7 Å². The van der Waals surface area contributed by atoms with Crippen LogP contribution in [0.15, 0.2) is 42.5 Å². The van der Waals surface area contributed by atoms with Crippen molar-refractivity contribution in [2.24, 2.45) is 0 Å². The van der Waals surface area contributed by atoms with Crippen LogP contribution < -0.4 is 4.90 Å². The zero-order valence-corrected chi connectivity index (χ0v) is 17.4. The lowest BCUT2D eigenvalue weighted by Gasteiger charge is -2.34. The summed E-state index contributed by atoms with van der Waals surface area (Å²) in [6, 6.07) is 14.1. The van der Waals surface area contributed by atoms with Crippen LogP contribution in [0.3, 0.4) is 0 Å². The fourth-order valence-corrected chi connectivity index (χ4v) is 5.62. The van der Waals surface area contributed by atoms with Gasteiger partial charge in [0.15, 0.2) is 0 Å². The van der Waals surface area contributed by atoms with Gasteiger partial charge >= 0.3 is 0 Å². The molecule has 5 nitrogen and oxygen atoms in total. The van der Waals surface area contributed by atoms with Crippen molar-refractivity contribution in [3.05, 3.63) is 53.0 Å². The van der Waals surface area contributed by atoms with Gasteiger partial charge < -0.3 is 9.80 Å². The average Bonchev–Trinajstić information content (AvgIpc) is 3.29. The monoisotopic (exact) mass is 406 g/mol. The summed E-state index contributed by atoms with van der Waals surface area (Å²) in [6.07, 6.45) is 6.49. The van der Waals surface area contributed by atoms with Crippen LogP contribution in [0.25, 0.3) is 10.8 Å². The Kier molecular flexibility index (Phi) is 5.19. The van der Waals surface area contributed by atoms with Crippen molar-refractivity contribution < 1.29 is 4.79 Å². The molecule has 5 rings (SSSR count). The third-order valence-electron chi connectivity index (χ3n) is 6.24. The maximum Gasteiger partial charge on any atom is 0.254 e. The smallest absolute Gasteiger partial charge is 0.254 e. The number of piperazine rings is 1. The van der Waals surface area contributed by atoms with Crippen molar-refractivity contribution in [1.29, 1.82) is 0 Å². The van der Waals surface area contributed by atoms with Crippen molar-refractivity contribution >= 4 is 33.1 Å². The Hall–Kier alpha value is -2.47. The van der Waals surface area contributed by atoms with E-state index in [1.165, 1.54) is 37.1 Å². The van der Waals surface area contributed by atoms with Crippen molar-refractivity contribution in [1.82, 2.24) is 15.1 Å². The second-order valence-corrected chi connectivity index (χ2v) is 9.05. The fraction of sp³-hybridized carbons (Fsp3) is 0.435. The number of hydrogen-bond acceptors (Lipinski definition) is 5. The number of benzene rings is 2. The number of amides is 1. The lowest BCUT2D eigenvalue weighted by molar-refractivity contribution is 0.0748. The minimum atomic E-state index is 0.126. The zero-order valence-electron chi connectivity index (χ0n) is 16.6. The first-order valence-electron chi connectivity index (χ1n) is 10.6. The zero-order chi connectivity index (χ0) is 19.6. The van der Waals surface area contributed by atoms with Crippen LogP contribution in [0, 0.1) is 0 Å². The second-order valence-electron chi connectivity index (χ2n) is 8.06. The number of fused-ring (bicyclic) bond motifs is 1. The average molecular weight is 407 g/mol. The molecule has 0 spiro atoms. The van der Waals surface area contributed by atoms with Gasteiger partial charge in [0.2, 0.25) is 5.13 Å². The minimum Gasteiger partial charge on any atom is -0.343 e. The highest BCUT2D eigenvalue weighted by molar-refractivity contribution is 7.15. The molecule has 1 saturated carbocycles. The Morgan fingerprint density at radius 2 is 1.66 bits per heavy atom. The van der Waals surface area contributed by atoms with Gasteiger partial charge in [0, 0.05) is 37.7 Å². The highest BCUT2D eigenvalue weighted by atomic mass is 32.1. The van der Waals surface area contributed by atoms with Gasteiger partial charge in [-0.3, -0.25) is 4.79 Å². The number of nitrogens with zero attached hydrogens (tertiary/aromatic N) is 4. The molecular weight excluding hydrogens is 380 g/mol. The highest BCUT2D eigenvalue weighted by Crippen LogP contribution is 2.36.